The van der Waals surface area contributed by atoms with Gasteiger partial charge in [0.25, 0.3) is 0 Å². The standard InChI is InChI=1S/C34H26F3NO5S/c35-34(36,37)26-11-6-8-23(20-26)21-38(22-31(39)40)44(41,42)33(18-16-25(17-19-33)24-9-2-1-3-10-24)29-14-7-13-28-27-12-4-5-15-30(27)43-32(28)29/h1-20,25H,21-22H2,(H,39,40). The maximum Gasteiger partial charge on any atom is 0.416 e. The van der Waals surface area contributed by atoms with Crippen LogP contribution in [0.15, 0.2) is 126 Å². The summed E-state index contributed by atoms with van der Waals surface area (Å²) in [7, 11) is -4.68. The van der Waals surface area contributed by atoms with Crippen molar-refractivity contribution < 1.29 is 35.9 Å². The fourth-order valence-corrected chi connectivity index (χ4v) is 7.66. The molecule has 6 rings (SSSR count). The molecule has 1 aliphatic rings. The van der Waals surface area contributed by atoms with Crippen LogP contribution in [-0.2, 0) is 32.3 Å². The van der Waals surface area contributed by atoms with Crippen molar-refractivity contribution >= 4 is 37.9 Å². The monoisotopic (exact) mass is 617 g/mol. The molecule has 6 nitrogen and oxygen atoms in total. The van der Waals surface area contributed by atoms with Crippen LogP contribution < -0.4 is 0 Å². The summed E-state index contributed by atoms with van der Waals surface area (Å²) in [6.07, 6.45) is 1.84. The molecule has 0 unspecified atom stereocenters. The zero-order valence-electron chi connectivity index (χ0n) is 23.1. The number of allylic oxidation sites excluding steroid dienone is 2. The van der Waals surface area contributed by atoms with Crippen molar-refractivity contribution in [2.45, 2.75) is 23.4 Å². The van der Waals surface area contributed by atoms with Crippen LogP contribution in [-0.4, -0.2) is 30.3 Å². The summed E-state index contributed by atoms with van der Waals surface area (Å²) in [5.41, 5.74) is 1.04. The molecule has 0 bridgehead atoms. The van der Waals surface area contributed by atoms with E-state index in [1.54, 1.807) is 36.4 Å². The molecule has 0 aliphatic heterocycles. The van der Waals surface area contributed by atoms with Gasteiger partial charge in [0.05, 0.1) is 5.56 Å². The van der Waals surface area contributed by atoms with Crippen LogP contribution >= 0.6 is 0 Å². The predicted octanol–water partition coefficient (Wildman–Crippen LogP) is 7.63. The molecule has 1 heterocycles. The number of para-hydroxylation sites is 2. The molecular formula is C34H26F3NO5S. The predicted molar refractivity (Wildman–Crippen MR) is 161 cm³/mol. The van der Waals surface area contributed by atoms with Crippen LogP contribution in [0.3, 0.4) is 0 Å². The zero-order valence-corrected chi connectivity index (χ0v) is 23.9. The van der Waals surface area contributed by atoms with Gasteiger partial charge in [-0.15, -0.1) is 0 Å². The van der Waals surface area contributed by atoms with Gasteiger partial charge < -0.3 is 9.52 Å². The van der Waals surface area contributed by atoms with Gasteiger partial charge in [-0.2, -0.15) is 17.5 Å². The van der Waals surface area contributed by atoms with Gasteiger partial charge >= 0.3 is 12.1 Å². The average Bonchev–Trinajstić information content (AvgIpc) is 3.40. The van der Waals surface area contributed by atoms with E-state index in [2.05, 4.69) is 0 Å². The molecule has 1 aromatic heterocycles. The first kappa shape index (κ1) is 29.4. The normalized spacial score (nSPS) is 18.8. The fraction of sp³-hybridized carbons (Fsp3) is 0.147. The van der Waals surface area contributed by atoms with E-state index in [1.165, 1.54) is 24.3 Å². The fourth-order valence-electron chi connectivity index (χ4n) is 5.70. The summed E-state index contributed by atoms with van der Waals surface area (Å²) in [4.78, 5) is 12.0. The summed E-state index contributed by atoms with van der Waals surface area (Å²) in [5, 5.41) is 11.2. The number of carbonyl (C=O) groups is 1. The number of nitrogens with zero attached hydrogens (tertiary/aromatic N) is 1. The first-order chi connectivity index (χ1) is 21.0. The van der Waals surface area contributed by atoms with Crippen LogP contribution in [0.5, 0.6) is 0 Å². The number of hydrogen-bond acceptors (Lipinski definition) is 4. The second-order valence-corrected chi connectivity index (χ2v) is 12.7. The number of benzene rings is 4. The average molecular weight is 618 g/mol. The van der Waals surface area contributed by atoms with Gasteiger partial charge in [0.1, 0.15) is 17.7 Å². The van der Waals surface area contributed by atoms with E-state index in [-0.39, 0.29) is 17.0 Å². The number of carboxylic acids is 1. The molecular weight excluding hydrogens is 591 g/mol. The number of aliphatic carboxylic acids is 1. The van der Waals surface area contributed by atoms with E-state index in [0.29, 0.717) is 20.9 Å². The highest BCUT2D eigenvalue weighted by atomic mass is 32.2. The van der Waals surface area contributed by atoms with Crippen LogP contribution in [0.2, 0.25) is 0 Å². The largest absolute Gasteiger partial charge is 0.480 e. The van der Waals surface area contributed by atoms with E-state index in [1.807, 2.05) is 48.5 Å². The Hall–Kier alpha value is -4.67. The molecule has 0 saturated carbocycles. The first-order valence-corrected chi connectivity index (χ1v) is 15.2. The molecule has 0 spiro atoms. The third-order valence-corrected chi connectivity index (χ3v) is 10.1. The Bertz CT molecular complexity index is 2020. The number of furan rings is 1. The molecule has 5 aromatic rings. The molecule has 0 saturated heterocycles. The smallest absolute Gasteiger partial charge is 0.416 e. The van der Waals surface area contributed by atoms with Gasteiger partial charge in [0.15, 0.2) is 4.75 Å². The highest BCUT2D eigenvalue weighted by molar-refractivity contribution is 7.90. The molecule has 0 atom stereocenters. The van der Waals surface area contributed by atoms with Gasteiger partial charge in [0, 0.05) is 28.8 Å². The van der Waals surface area contributed by atoms with Crippen molar-refractivity contribution in [2.75, 3.05) is 6.54 Å². The number of carboxylic acid groups (broad SMARTS) is 1. The number of halogens is 3. The molecule has 0 radical (unpaired) electrons. The Morgan fingerprint density at radius 1 is 0.864 bits per heavy atom. The highest BCUT2D eigenvalue weighted by Gasteiger charge is 2.48. The summed E-state index contributed by atoms with van der Waals surface area (Å²) >= 11 is 0. The maximum absolute atomic E-state index is 14.8. The highest BCUT2D eigenvalue weighted by Crippen LogP contribution is 2.46. The Morgan fingerprint density at radius 3 is 2.23 bits per heavy atom. The third kappa shape index (κ3) is 5.20. The Morgan fingerprint density at radius 2 is 1.52 bits per heavy atom. The minimum absolute atomic E-state index is 0.00678. The SMILES string of the molecule is O=C(O)CN(Cc1cccc(C(F)(F)F)c1)S(=O)(=O)C1(c2cccc3c2oc2ccccc23)C=CC(c2ccccc2)C=C1. The molecule has 44 heavy (non-hydrogen) atoms. The van der Waals surface area contributed by atoms with Crippen molar-refractivity contribution in [1.29, 1.82) is 0 Å². The van der Waals surface area contributed by atoms with E-state index >= 15 is 0 Å². The van der Waals surface area contributed by atoms with Crippen molar-refractivity contribution in [1.82, 2.24) is 4.31 Å². The van der Waals surface area contributed by atoms with Gasteiger partial charge in [-0.05, 0) is 23.3 Å². The van der Waals surface area contributed by atoms with E-state index in [0.717, 1.165) is 23.1 Å². The van der Waals surface area contributed by atoms with Crippen molar-refractivity contribution in [2.24, 2.45) is 0 Å². The Kier molecular flexibility index (Phi) is 7.43. The lowest BCUT2D eigenvalue weighted by Crippen LogP contribution is -2.46. The molecule has 10 heteroatoms. The zero-order chi connectivity index (χ0) is 31.1. The molecule has 224 valence electrons. The molecule has 4 aromatic carbocycles. The topological polar surface area (TPSA) is 87.8 Å². The lowest BCUT2D eigenvalue weighted by Gasteiger charge is -2.36. The van der Waals surface area contributed by atoms with Gasteiger partial charge in [-0.3, -0.25) is 4.79 Å². The van der Waals surface area contributed by atoms with Crippen molar-refractivity contribution in [3.63, 3.8) is 0 Å². The minimum atomic E-state index is -4.68. The number of alkyl halides is 3. The summed E-state index contributed by atoms with van der Waals surface area (Å²) in [6.45, 7) is -1.57. The number of rotatable bonds is 8. The van der Waals surface area contributed by atoms with Crippen LogP contribution in [0.4, 0.5) is 13.2 Å². The van der Waals surface area contributed by atoms with Crippen LogP contribution in [0.1, 0.15) is 28.2 Å². The van der Waals surface area contributed by atoms with Crippen molar-refractivity contribution in [3.05, 3.63) is 144 Å². The number of fused-ring (bicyclic) bond motifs is 3. The second-order valence-electron chi connectivity index (χ2n) is 10.6. The lowest BCUT2D eigenvalue weighted by atomic mass is 9.86. The molecule has 1 aliphatic carbocycles. The van der Waals surface area contributed by atoms with Crippen molar-refractivity contribution in [3.8, 4) is 0 Å². The first-order valence-electron chi connectivity index (χ1n) is 13.7. The van der Waals surface area contributed by atoms with Gasteiger partial charge in [-0.25, -0.2) is 8.42 Å². The molecule has 0 fully saturated rings. The lowest BCUT2D eigenvalue weighted by molar-refractivity contribution is -0.138. The van der Waals surface area contributed by atoms with Crippen LogP contribution in [0.25, 0.3) is 21.9 Å². The second kappa shape index (κ2) is 11.1. The summed E-state index contributed by atoms with van der Waals surface area (Å²) < 4.78 is 75.1. The Labute approximate surface area is 251 Å². The van der Waals surface area contributed by atoms with E-state index < -0.39 is 45.6 Å². The molecule has 1 N–H and O–H groups in total. The third-order valence-electron chi connectivity index (χ3n) is 7.80. The quantitative estimate of drug-likeness (QED) is 0.181. The number of sulfonamides is 1. The molecule has 0 amide bonds. The van der Waals surface area contributed by atoms with Gasteiger partial charge in [-0.1, -0.05) is 109 Å². The van der Waals surface area contributed by atoms with Crippen LogP contribution in [0, 0.1) is 0 Å². The number of hydrogen-bond donors (Lipinski definition) is 1. The summed E-state index contributed by atoms with van der Waals surface area (Å²) in [6, 6.07) is 26.0. The van der Waals surface area contributed by atoms with E-state index in [4.69, 9.17) is 4.42 Å². The van der Waals surface area contributed by atoms with Gasteiger partial charge in [0.2, 0.25) is 10.0 Å². The maximum atomic E-state index is 14.8. The van der Waals surface area contributed by atoms with E-state index in [9.17, 15) is 31.5 Å². The Balaban J connectivity index is 1.54. The minimum Gasteiger partial charge on any atom is -0.480 e. The summed E-state index contributed by atoms with van der Waals surface area (Å²) in [5.74, 6) is -1.73.